The lowest BCUT2D eigenvalue weighted by atomic mass is 10.1. The molecule has 24 heavy (non-hydrogen) atoms. The second-order valence-corrected chi connectivity index (χ2v) is 5.56. The number of rotatable bonds is 3. The average molecular weight is 324 g/mol. The van der Waals surface area contributed by atoms with Gasteiger partial charge in [0.25, 0.3) is 17.0 Å². The number of fused-ring (bicyclic) bond motifs is 1. The van der Waals surface area contributed by atoms with Crippen LogP contribution in [0.25, 0.3) is 10.8 Å². The van der Waals surface area contributed by atoms with Crippen LogP contribution in [0.1, 0.15) is 10.4 Å². The minimum atomic E-state index is -0.420. The Morgan fingerprint density at radius 2 is 1.54 bits per heavy atom. The van der Waals surface area contributed by atoms with Gasteiger partial charge in [-0.1, -0.05) is 0 Å². The summed E-state index contributed by atoms with van der Waals surface area (Å²) in [5.41, 5.74) is 1.13. The molecule has 0 radical (unpaired) electrons. The van der Waals surface area contributed by atoms with E-state index in [9.17, 15) is 14.4 Å². The summed E-state index contributed by atoms with van der Waals surface area (Å²) < 4.78 is 0. The van der Waals surface area contributed by atoms with Crippen molar-refractivity contribution in [2.45, 2.75) is 0 Å². The molecule has 3 rings (SSSR count). The van der Waals surface area contributed by atoms with E-state index >= 15 is 0 Å². The van der Waals surface area contributed by atoms with Crippen LogP contribution in [0.2, 0.25) is 0 Å². The van der Waals surface area contributed by atoms with Crippen molar-refractivity contribution < 1.29 is 4.79 Å². The van der Waals surface area contributed by atoms with Gasteiger partial charge in [-0.3, -0.25) is 24.6 Å². The molecule has 0 saturated heterocycles. The summed E-state index contributed by atoms with van der Waals surface area (Å²) in [5, 5.41) is 7.74. The quantitative estimate of drug-likeness (QED) is 0.680. The van der Waals surface area contributed by atoms with E-state index in [4.69, 9.17) is 0 Å². The number of benzene rings is 2. The van der Waals surface area contributed by atoms with Crippen LogP contribution in [-0.2, 0) is 0 Å². The predicted octanol–water partition coefficient (Wildman–Crippen LogP) is 1.53. The Bertz CT molecular complexity index is 1020. The van der Waals surface area contributed by atoms with Gasteiger partial charge in [0.1, 0.15) is 0 Å². The third-order valence-corrected chi connectivity index (χ3v) is 3.70. The molecule has 1 aromatic heterocycles. The highest BCUT2D eigenvalue weighted by Gasteiger charge is 2.09. The molecule has 0 aliphatic rings. The van der Waals surface area contributed by atoms with E-state index < -0.39 is 5.56 Å². The maximum Gasteiger partial charge on any atom is 0.270 e. The van der Waals surface area contributed by atoms with Crippen molar-refractivity contribution in [1.29, 1.82) is 0 Å². The Morgan fingerprint density at radius 1 is 0.917 bits per heavy atom. The molecule has 1 amide bonds. The van der Waals surface area contributed by atoms with Crippen LogP contribution in [0.15, 0.2) is 52.1 Å². The van der Waals surface area contributed by atoms with Crippen LogP contribution >= 0.6 is 0 Å². The second-order valence-electron chi connectivity index (χ2n) is 5.56. The van der Waals surface area contributed by atoms with Crippen molar-refractivity contribution in [1.82, 2.24) is 10.2 Å². The third-order valence-electron chi connectivity index (χ3n) is 3.70. The van der Waals surface area contributed by atoms with Crippen LogP contribution < -0.4 is 21.3 Å². The Labute approximate surface area is 136 Å². The molecule has 0 bridgehead atoms. The highest BCUT2D eigenvalue weighted by atomic mass is 16.2. The molecule has 1 heterocycles. The molecule has 3 aromatic rings. The Balaban J connectivity index is 1.89. The summed E-state index contributed by atoms with van der Waals surface area (Å²) >= 11 is 0. The number of hydrogen-bond acceptors (Lipinski definition) is 4. The van der Waals surface area contributed by atoms with Gasteiger partial charge >= 0.3 is 0 Å². The number of carbonyl (C=O) groups excluding carboxylic acids is 1. The van der Waals surface area contributed by atoms with Gasteiger partial charge in [0.15, 0.2) is 0 Å². The zero-order chi connectivity index (χ0) is 17.3. The smallest absolute Gasteiger partial charge is 0.270 e. The van der Waals surface area contributed by atoms with Gasteiger partial charge in [0.2, 0.25) is 0 Å². The molecule has 7 nitrogen and oxygen atoms in total. The number of anilines is 2. The van der Waals surface area contributed by atoms with Crippen LogP contribution in [0.5, 0.6) is 0 Å². The molecule has 0 unspecified atom stereocenters. The van der Waals surface area contributed by atoms with Gasteiger partial charge in [0.05, 0.1) is 10.8 Å². The lowest BCUT2D eigenvalue weighted by Crippen LogP contribution is -2.19. The summed E-state index contributed by atoms with van der Waals surface area (Å²) in [4.78, 5) is 37.7. The summed E-state index contributed by atoms with van der Waals surface area (Å²) in [5.74, 6) is -0.291. The largest absolute Gasteiger partial charge is 0.378 e. The van der Waals surface area contributed by atoms with Crippen molar-refractivity contribution in [3.63, 3.8) is 0 Å². The summed E-state index contributed by atoms with van der Waals surface area (Å²) in [6.45, 7) is 0. The number of aromatic nitrogens is 2. The SMILES string of the molecule is CN(C)c1ccc(C(=O)Nc2ccc3c(=O)[nH][nH]c(=O)c3c2)cc1. The fraction of sp³-hybridized carbons (Fsp3) is 0.118. The number of carbonyl (C=O) groups is 1. The first-order valence-electron chi connectivity index (χ1n) is 7.29. The summed E-state index contributed by atoms with van der Waals surface area (Å²) in [6, 6.07) is 11.7. The molecule has 2 aromatic carbocycles. The fourth-order valence-corrected chi connectivity index (χ4v) is 2.37. The second kappa shape index (κ2) is 6.04. The topological polar surface area (TPSA) is 98.1 Å². The number of H-pyrrole nitrogens is 2. The van der Waals surface area contributed by atoms with Gasteiger partial charge in [-0.05, 0) is 42.5 Å². The molecule has 0 atom stereocenters. The van der Waals surface area contributed by atoms with Gasteiger partial charge in [-0.15, -0.1) is 0 Å². The van der Waals surface area contributed by atoms with Crippen molar-refractivity contribution >= 4 is 28.1 Å². The number of nitrogens with one attached hydrogen (secondary N) is 3. The first kappa shape index (κ1) is 15.5. The normalized spacial score (nSPS) is 10.6. The van der Waals surface area contributed by atoms with Crippen molar-refractivity contribution in [2.75, 3.05) is 24.3 Å². The molecule has 0 aliphatic carbocycles. The zero-order valence-electron chi connectivity index (χ0n) is 13.2. The number of nitrogens with zero attached hydrogens (tertiary/aromatic N) is 1. The number of amides is 1. The van der Waals surface area contributed by atoms with Gasteiger partial charge in [0, 0.05) is 31.0 Å². The maximum atomic E-state index is 12.3. The minimum absolute atomic E-state index is 0.222. The van der Waals surface area contributed by atoms with Gasteiger partial charge in [-0.25, -0.2) is 0 Å². The van der Waals surface area contributed by atoms with Crippen molar-refractivity contribution in [3.05, 3.63) is 68.7 Å². The minimum Gasteiger partial charge on any atom is -0.378 e. The van der Waals surface area contributed by atoms with E-state index in [0.29, 0.717) is 11.3 Å². The highest BCUT2D eigenvalue weighted by Crippen LogP contribution is 2.16. The maximum absolute atomic E-state index is 12.3. The lowest BCUT2D eigenvalue weighted by Gasteiger charge is -2.12. The Hall–Kier alpha value is -3.35. The fourth-order valence-electron chi connectivity index (χ4n) is 2.37. The number of aromatic amines is 2. The van der Waals surface area contributed by atoms with Crippen LogP contribution in [0, 0.1) is 0 Å². The van der Waals surface area contributed by atoms with E-state index in [1.165, 1.54) is 12.1 Å². The lowest BCUT2D eigenvalue weighted by molar-refractivity contribution is 0.102. The van der Waals surface area contributed by atoms with Crippen LogP contribution in [0.3, 0.4) is 0 Å². The van der Waals surface area contributed by atoms with E-state index in [1.54, 1.807) is 18.2 Å². The van der Waals surface area contributed by atoms with Crippen LogP contribution in [0.4, 0.5) is 11.4 Å². The summed E-state index contributed by atoms with van der Waals surface area (Å²) in [6.07, 6.45) is 0. The van der Waals surface area contributed by atoms with E-state index in [0.717, 1.165) is 5.69 Å². The van der Waals surface area contributed by atoms with Crippen molar-refractivity contribution in [2.24, 2.45) is 0 Å². The molecular formula is C17H16N4O3. The summed E-state index contributed by atoms with van der Waals surface area (Å²) in [7, 11) is 3.84. The number of hydrogen-bond donors (Lipinski definition) is 3. The predicted molar refractivity (Wildman–Crippen MR) is 93.9 cm³/mol. The molecule has 0 spiro atoms. The van der Waals surface area contributed by atoms with E-state index in [1.807, 2.05) is 31.1 Å². The first-order chi connectivity index (χ1) is 11.5. The standard InChI is InChI=1S/C17H16N4O3/c1-21(2)12-6-3-10(4-7-12)15(22)18-11-5-8-13-14(9-11)17(24)20-19-16(13)23/h3-9H,1-2H3,(H,18,22)(H,19,23)(H,20,24). The van der Waals surface area contributed by atoms with E-state index in [2.05, 4.69) is 15.5 Å². The molecule has 3 N–H and O–H groups in total. The van der Waals surface area contributed by atoms with Gasteiger partial charge < -0.3 is 10.2 Å². The molecule has 7 heteroatoms. The van der Waals surface area contributed by atoms with Crippen molar-refractivity contribution in [3.8, 4) is 0 Å². The monoisotopic (exact) mass is 324 g/mol. The third kappa shape index (κ3) is 2.91. The average Bonchev–Trinajstić information content (AvgIpc) is 2.58. The molecular weight excluding hydrogens is 308 g/mol. The highest BCUT2D eigenvalue weighted by molar-refractivity contribution is 6.05. The first-order valence-corrected chi connectivity index (χ1v) is 7.29. The molecule has 122 valence electrons. The molecule has 0 saturated carbocycles. The van der Waals surface area contributed by atoms with Gasteiger partial charge in [-0.2, -0.15) is 0 Å². The van der Waals surface area contributed by atoms with E-state index in [-0.39, 0.29) is 22.2 Å². The Kier molecular flexibility index (Phi) is 3.91. The molecule has 0 aliphatic heterocycles. The van der Waals surface area contributed by atoms with Crippen LogP contribution in [-0.4, -0.2) is 30.2 Å². The molecule has 0 fully saturated rings. The zero-order valence-corrected chi connectivity index (χ0v) is 13.2. The Morgan fingerprint density at radius 3 is 2.17 bits per heavy atom.